The molecule has 4 aromatic rings. The maximum absolute atomic E-state index is 14.0. The molecular weight excluding hydrogens is 542 g/mol. The van der Waals surface area contributed by atoms with Gasteiger partial charge in [0.15, 0.2) is 5.82 Å². The van der Waals surface area contributed by atoms with Crippen LogP contribution in [0.1, 0.15) is 79.8 Å². The van der Waals surface area contributed by atoms with Crippen LogP contribution < -0.4 is 5.32 Å². The fourth-order valence-electron chi connectivity index (χ4n) is 6.37. The number of imide groups is 1. The number of carbonyl (C=O) groups excluding carboxylic acids is 2. The zero-order valence-corrected chi connectivity index (χ0v) is 24.0. The van der Waals surface area contributed by atoms with E-state index < -0.39 is 12.0 Å². The maximum Gasteiger partial charge on any atom is 0.329 e. The van der Waals surface area contributed by atoms with E-state index in [1.165, 1.54) is 30.2 Å². The number of imidazole rings is 1. The van der Waals surface area contributed by atoms with Gasteiger partial charge in [0.05, 0.1) is 11.0 Å². The number of fused-ring (bicyclic) bond motifs is 1. The summed E-state index contributed by atoms with van der Waals surface area (Å²) in [6.07, 6.45) is 13.5. The van der Waals surface area contributed by atoms with Crippen LogP contribution in [0.2, 0.25) is 0 Å². The molecule has 0 atom stereocenters. The molecule has 0 saturated heterocycles. The van der Waals surface area contributed by atoms with Crippen LogP contribution in [-0.2, 0) is 4.79 Å². The van der Waals surface area contributed by atoms with E-state index in [1.54, 1.807) is 30.5 Å². The molecule has 2 aliphatic rings. The number of carbonyl (C=O) groups is 3. The number of carboxylic acid groups (broad SMARTS) is 1. The van der Waals surface area contributed by atoms with Crippen molar-refractivity contribution in [3.8, 4) is 11.5 Å². The van der Waals surface area contributed by atoms with Crippen LogP contribution >= 0.6 is 0 Å². The lowest BCUT2D eigenvalue weighted by molar-refractivity contribution is -0.131. The smallest absolute Gasteiger partial charge is 0.329 e. The van der Waals surface area contributed by atoms with E-state index in [0.29, 0.717) is 28.4 Å². The Balaban J connectivity index is 1.31. The minimum Gasteiger partial charge on any atom is -0.478 e. The molecule has 9 heteroatoms. The normalized spacial score (nSPS) is 16.1. The molecule has 9 nitrogen and oxygen atoms in total. The summed E-state index contributed by atoms with van der Waals surface area (Å²) in [5.41, 5.74) is 4.12. The van der Waals surface area contributed by atoms with Crippen molar-refractivity contribution in [3.05, 3.63) is 84.1 Å². The molecule has 3 amide bonds. The Labute approximate surface area is 250 Å². The first-order chi connectivity index (χ1) is 21.0. The molecule has 2 fully saturated rings. The van der Waals surface area contributed by atoms with E-state index in [-0.39, 0.29) is 11.9 Å². The van der Waals surface area contributed by atoms with Crippen LogP contribution in [0.3, 0.4) is 0 Å². The quantitative estimate of drug-likeness (QED) is 0.222. The molecule has 0 radical (unpaired) electrons. The third-order valence-corrected chi connectivity index (χ3v) is 8.48. The minimum atomic E-state index is -1.03. The highest BCUT2D eigenvalue weighted by atomic mass is 16.4. The summed E-state index contributed by atoms with van der Waals surface area (Å²) in [5.74, 6) is -0.576. The van der Waals surface area contributed by atoms with Crippen molar-refractivity contribution in [2.45, 2.75) is 69.9 Å². The molecule has 43 heavy (non-hydrogen) atoms. The third-order valence-electron chi connectivity index (χ3n) is 8.48. The Bertz CT molecular complexity index is 1650. The van der Waals surface area contributed by atoms with Gasteiger partial charge in [-0.05, 0) is 79.8 Å². The first-order valence-electron chi connectivity index (χ1n) is 15.1. The topological polar surface area (TPSA) is 117 Å². The van der Waals surface area contributed by atoms with Crippen molar-refractivity contribution in [1.82, 2.24) is 19.4 Å². The number of carboxylic acids is 1. The van der Waals surface area contributed by atoms with Gasteiger partial charge in [-0.1, -0.05) is 50.3 Å². The largest absolute Gasteiger partial charge is 0.478 e. The number of pyridine rings is 1. The van der Waals surface area contributed by atoms with Gasteiger partial charge in [0.25, 0.3) is 5.91 Å². The minimum absolute atomic E-state index is 0.190. The van der Waals surface area contributed by atoms with Crippen LogP contribution in [0, 0.1) is 0 Å². The van der Waals surface area contributed by atoms with Gasteiger partial charge in [-0.3, -0.25) is 14.7 Å². The standard InChI is InChI=1S/C34H35N5O4/c40-31(41)20-15-23-13-17-25(18-14-23)36-34(43)39(27-10-4-5-11-27)33(42)24-16-19-30-29(22-24)37-32(28-12-6-7-21-35-28)38(30)26-8-2-1-3-9-26/h6-7,12-22,26-27H,1-5,8-11H2,(H,36,43)(H,40,41)/b20-15+. The van der Waals surface area contributed by atoms with E-state index in [9.17, 15) is 14.4 Å². The number of anilines is 1. The second-order valence-corrected chi connectivity index (χ2v) is 11.4. The van der Waals surface area contributed by atoms with Crippen LogP contribution in [0.15, 0.2) is 72.9 Å². The first-order valence-corrected chi connectivity index (χ1v) is 15.1. The molecule has 2 heterocycles. The maximum atomic E-state index is 14.0. The van der Waals surface area contributed by atoms with Gasteiger partial charge >= 0.3 is 12.0 Å². The van der Waals surface area contributed by atoms with Gasteiger partial charge < -0.3 is 15.0 Å². The molecule has 220 valence electrons. The molecule has 2 N–H and O–H groups in total. The summed E-state index contributed by atoms with van der Waals surface area (Å²) in [6, 6.07) is 17.9. The van der Waals surface area contributed by atoms with Crippen molar-refractivity contribution in [2.24, 2.45) is 0 Å². The Morgan fingerprint density at radius 1 is 0.907 bits per heavy atom. The number of aromatic nitrogens is 3. The molecule has 0 unspecified atom stereocenters. The van der Waals surface area contributed by atoms with Crippen LogP contribution in [-0.4, -0.2) is 48.5 Å². The van der Waals surface area contributed by atoms with Gasteiger partial charge in [0.2, 0.25) is 0 Å². The lowest BCUT2D eigenvalue weighted by Crippen LogP contribution is -2.45. The molecule has 2 aromatic heterocycles. The molecule has 6 rings (SSSR count). The second-order valence-electron chi connectivity index (χ2n) is 11.4. The number of rotatable bonds is 7. The summed E-state index contributed by atoms with van der Waals surface area (Å²) in [4.78, 5) is 49.4. The zero-order chi connectivity index (χ0) is 29.8. The predicted octanol–water partition coefficient (Wildman–Crippen LogP) is 7.32. The average molecular weight is 578 g/mol. The summed E-state index contributed by atoms with van der Waals surface area (Å²) in [7, 11) is 0. The predicted molar refractivity (Wildman–Crippen MR) is 166 cm³/mol. The van der Waals surface area contributed by atoms with Crippen molar-refractivity contribution in [2.75, 3.05) is 5.32 Å². The molecule has 0 aliphatic heterocycles. The Hall–Kier alpha value is -4.79. The van der Waals surface area contributed by atoms with E-state index in [4.69, 9.17) is 10.1 Å². The van der Waals surface area contributed by atoms with Crippen molar-refractivity contribution in [1.29, 1.82) is 0 Å². The summed E-state index contributed by atoms with van der Waals surface area (Å²) in [6.45, 7) is 0. The van der Waals surface area contributed by atoms with Gasteiger partial charge in [-0.15, -0.1) is 0 Å². The molecule has 2 aromatic carbocycles. The SMILES string of the molecule is O=C(O)/C=C/c1ccc(NC(=O)N(C(=O)c2ccc3c(c2)nc(-c2ccccn2)n3C2CCCCC2)C2CCCC2)cc1. The van der Waals surface area contributed by atoms with Crippen LogP contribution in [0.4, 0.5) is 10.5 Å². The molecule has 2 aliphatic carbocycles. The van der Waals surface area contributed by atoms with Gasteiger partial charge in [-0.2, -0.15) is 0 Å². The van der Waals surface area contributed by atoms with Gasteiger partial charge in [-0.25, -0.2) is 14.6 Å². The Morgan fingerprint density at radius 2 is 1.65 bits per heavy atom. The number of benzene rings is 2. The Kier molecular flexibility index (Phi) is 8.31. The number of nitrogens with one attached hydrogen (secondary N) is 1. The van der Waals surface area contributed by atoms with Gasteiger partial charge in [0, 0.05) is 35.6 Å². The Morgan fingerprint density at radius 3 is 2.35 bits per heavy atom. The number of amides is 3. The number of urea groups is 1. The molecular formula is C34H35N5O4. The van der Waals surface area contributed by atoms with Crippen molar-refractivity contribution in [3.63, 3.8) is 0 Å². The third kappa shape index (κ3) is 6.21. The van der Waals surface area contributed by atoms with Gasteiger partial charge in [0.1, 0.15) is 5.69 Å². The van der Waals surface area contributed by atoms with E-state index in [2.05, 4.69) is 14.9 Å². The number of hydrogen-bond donors (Lipinski definition) is 2. The lowest BCUT2D eigenvalue weighted by atomic mass is 9.95. The summed E-state index contributed by atoms with van der Waals surface area (Å²) >= 11 is 0. The van der Waals surface area contributed by atoms with Crippen LogP contribution in [0.25, 0.3) is 28.6 Å². The highest BCUT2D eigenvalue weighted by molar-refractivity contribution is 6.09. The number of aliphatic carboxylic acids is 1. The average Bonchev–Trinajstić information content (AvgIpc) is 3.70. The highest BCUT2D eigenvalue weighted by Crippen LogP contribution is 2.36. The summed E-state index contributed by atoms with van der Waals surface area (Å²) in [5, 5.41) is 11.7. The van der Waals surface area contributed by atoms with Crippen molar-refractivity contribution >= 4 is 40.7 Å². The fraction of sp³-hybridized carbons (Fsp3) is 0.324. The monoisotopic (exact) mass is 577 g/mol. The molecule has 2 saturated carbocycles. The second kappa shape index (κ2) is 12.6. The molecule has 0 bridgehead atoms. The summed E-state index contributed by atoms with van der Waals surface area (Å²) < 4.78 is 2.29. The first kappa shape index (κ1) is 28.3. The number of nitrogens with zero attached hydrogens (tertiary/aromatic N) is 4. The molecule has 0 spiro atoms. The lowest BCUT2D eigenvalue weighted by Gasteiger charge is -2.27. The number of hydrogen-bond acceptors (Lipinski definition) is 5. The van der Waals surface area contributed by atoms with E-state index in [1.807, 2.05) is 36.4 Å². The van der Waals surface area contributed by atoms with Crippen molar-refractivity contribution < 1.29 is 19.5 Å². The van der Waals surface area contributed by atoms with Crippen LogP contribution in [0.5, 0.6) is 0 Å². The van der Waals surface area contributed by atoms with E-state index >= 15 is 0 Å². The van der Waals surface area contributed by atoms with E-state index in [0.717, 1.165) is 61.6 Å². The zero-order valence-electron chi connectivity index (χ0n) is 24.0. The fourth-order valence-corrected chi connectivity index (χ4v) is 6.37. The highest BCUT2D eigenvalue weighted by Gasteiger charge is 2.33.